The molecule has 3 heterocycles. The average molecular weight is 417 g/mol. The SMILES string of the molecule is CC1Cc2cc(-c3cc(CC(=O)N4CCC(Cc5ccccc5)CC4)no3)ccc2O1. The lowest BCUT2D eigenvalue weighted by atomic mass is 9.90. The molecular formula is C26H28N2O3. The Labute approximate surface area is 183 Å². The van der Waals surface area contributed by atoms with E-state index >= 15 is 0 Å². The van der Waals surface area contributed by atoms with Gasteiger partial charge in [0.05, 0.1) is 12.1 Å². The Bertz CT molecular complexity index is 1050. The minimum atomic E-state index is 0.134. The Hall–Kier alpha value is -3.08. The summed E-state index contributed by atoms with van der Waals surface area (Å²) in [6.07, 6.45) is 4.62. The Balaban J connectivity index is 1.16. The first kappa shape index (κ1) is 19.9. The third kappa shape index (κ3) is 4.50. The number of hydrogen-bond donors (Lipinski definition) is 0. The molecule has 2 aromatic carbocycles. The van der Waals surface area contributed by atoms with Gasteiger partial charge in [-0.2, -0.15) is 0 Å². The lowest BCUT2D eigenvalue weighted by Gasteiger charge is -2.32. The molecule has 1 saturated heterocycles. The van der Waals surface area contributed by atoms with Gasteiger partial charge in [0.2, 0.25) is 5.91 Å². The van der Waals surface area contributed by atoms with Crippen molar-refractivity contribution in [3.05, 3.63) is 71.4 Å². The van der Waals surface area contributed by atoms with Crippen LogP contribution in [0.15, 0.2) is 59.1 Å². The second-order valence-corrected chi connectivity index (χ2v) is 8.83. The number of hydrogen-bond acceptors (Lipinski definition) is 4. The van der Waals surface area contributed by atoms with E-state index in [0.717, 1.165) is 50.1 Å². The van der Waals surface area contributed by atoms with Crippen LogP contribution in [0.1, 0.15) is 36.6 Å². The van der Waals surface area contributed by atoms with Crippen LogP contribution in [-0.2, 0) is 24.1 Å². The van der Waals surface area contributed by atoms with Gasteiger partial charge < -0.3 is 14.2 Å². The van der Waals surface area contributed by atoms with Crippen molar-refractivity contribution in [3.63, 3.8) is 0 Å². The van der Waals surface area contributed by atoms with Gasteiger partial charge >= 0.3 is 0 Å². The minimum absolute atomic E-state index is 0.134. The van der Waals surface area contributed by atoms with E-state index in [2.05, 4.69) is 48.5 Å². The first-order valence-electron chi connectivity index (χ1n) is 11.2. The molecule has 2 aliphatic rings. The molecule has 1 fully saturated rings. The van der Waals surface area contributed by atoms with E-state index < -0.39 is 0 Å². The van der Waals surface area contributed by atoms with Crippen LogP contribution in [0.2, 0.25) is 0 Å². The maximum Gasteiger partial charge on any atom is 0.228 e. The van der Waals surface area contributed by atoms with Crippen LogP contribution < -0.4 is 4.74 Å². The number of likely N-dealkylation sites (tertiary alicyclic amines) is 1. The zero-order chi connectivity index (χ0) is 21.2. The van der Waals surface area contributed by atoms with Gasteiger partial charge in [-0.3, -0.25) is 4.79 Å². The van der Waals surface area contributed by atoms with Crippen LogP contribution in [0, 0.1) is 5.92 Å². The maximum atomic E-state index is 12.8. The number of carbonyl (C=O) groups is 1. The molecule has 0 radical (unpaired) electrons. The fraction of sp³-hybridized carbons (Fsp3) is 0.385. The van der Waals surface area contributed by atoms with Gasteiger partial charge in [0.15, 0.2) is 5.76 Å². The van der Waals surface area contributed by atoms with Crippen molar-refractivity contribution in [1.29, 1.82) is 0 Å². The average Bonchev–Trinajstić information content (AvgIpc) is 3.40. The molecule has 0 spiro atoms. The Morgan fingerprint density at radius 1 is 1.10 bits per heavy atom. The van der Waals surface area contributed by atoms with Crippen molar-refractivity contribution < 1.29 is 14.1 Å². The number of amides is 1. The number of carbonyl (C=O) groups excluding carboxylic acids is 1. The van der Waals surface area contributed by atoms with Gasteiger partial charge in [-0.25, -0.2) is 0 Å². The van der Waals surface area contributed by atoms with Crippen molar-refractivity contribution in [3.8, 4) is 17.1 Å². The van der Waals surface area contributed by atoms with Gasteiger partial charge in [-0.15, -0.1) is 0 Å². The highest BCUT2D eigenvalue weighted by Crippen LogP contribution is 2.33. The molecule has 3 aromatic rings. The van der Waals surface area contributed by atoms with E-state index in [0.29, 0.717) is 17.4 Å². The molecule has 0 N–H and O–H groups in total. The smallest absolute Gasteiger partial charge is 0.228 e. The molecular weight excluding hydrogens is 388 g/mol. The summed E-state index contributed by atoms with van der Waals surface area (Å²) >= 11 is 0. The Morgan fingerprint density at radius 3 is 2.71 bits per heavy atom. The molecule has 1 amide bonds. The van der Waals surface area contributed by atoms with Gasteiger partial charge in [-0.1, -0.05) is 35.5 Å². The Kier molecular flexibility index (Phi) is 5.49. The second kappa shape index (κ2) is 8.58. The van der Waals surface area contributed by atoms with E-state index in [1.54, 1.807) is 0 Å². The minimum Gasteiger partial charge on any atom is -0.490 e. The van der Waals surface area contributed by atoms with Crippen LogP contribution in [0.3, 0.4) is 0 Å². The summed E-state index contributed by atoms with van der Waals surface area (Å²) in [5.41, 5.74) is 4.24. The van der Waals surface area contributed by atoms with E-state index in [4.69, 9.17) is 9.26 Å². The van der Waals surface area contributed by atoms with E-state index in [-0.39, 0.29) is 18.4 Å². The summed E-state index contributed by atoms with van der Waals surface area (Å²) in [5.74, 6) is 2.43. The van der Waals surface area contributed by atoms with Crippen molar-refractivity contribution in [1.82, 2.24) is 10.1 Å². The number of aromatic nitrogens is 1. The molecule has 31 heavy (non-hydrogen) atoms. The highest BCUT2D eigenvalue weighted by atomic mass is 16.5. The highest BCUT2D eigenvalue weighted by Gasteiger charge is 2.24. The molecule has 5 nitrogen and oxygen atoms in total. The van der Waals surface area contributed by atoms with Crippen LogP contribution in [-0.4, -0.2) is 35.2 Å². The first-order valence-corrected chi connectivity index (χ1v) is 11.2. The summed E-state index contributed by atoms with van der Waals surface area (Å²) in [4.78, 5) is 14.8. The molecule has 1 atom stereocenters. The van der Waals surface area contributed by atoms with Crippen LogP contribution in [0.5, 0.6) is 5.75 Å². The van der Waals surface area contributed by atoms with Crippen molar-refractivity contribution >= 4 is 5.91 Å². The second-order valence-electron chi connectivity index (χ2n) is 8.83. The van der Waals surface area contributed by atoms with Crippen LogP contribution >= 0.6 is 0 Å². The molecule has 5 rings (SSSR count). The molecule has 1 unspecified atom stereocenters. The predicted molar refractivity (Wildman–Crippen MR) is 119 cm³/mol. The predicted octanol–water partition coefficient (Wildman–Crippen LogP) is 4.69. The van der Waals surface area contributed by atoms with Crippen LogP contribution in [0.25, 0.3) is 11.3 Å². The fourth-order valence-electron chi connectivity index (χ4n) is 4.71. The molecule has 160 valence electrons. The summed E-state index contributed by atoms with van der Waals surface area (Å²) in [6, 6.07) is 18.6. The van der Waals surface area contributed by atoms with Gasteiger partial charge in [-0.05, 0) is 61.4 Å². The summed E-state index contributed by atoms with van der Waals surface area (Å²) in [6.45, 7) is 3.72. The quantitative estimate of drug-likeness (QED) is 0.606. The van der Waals surface area contributed by atoms with E-state index in [1.165, 1.54) is 11.1 Å². The standard InChI is InChI=1S/C26H28N2O3/c1-18-13-22-15-21(7-8-24(22)30-18)25-16-23(27-31-25)17-26(29)28-11-9-20(10-12-28)14-19-5-3-2-4-6-19/h2-8,15-16,18,20H,9-14,17H2,1H3. The zero-order valence-corrected chi connectivity index (χ0v) is 17.9. The summed E-state index contributed by atoms with van der Waals surface area (Å²) < 4.78 is 11.3. The summed E-state index contributed by atoms with van der Waals surface area (Å²) in [5, 5.41) is 4.15. The van der Waals surface area contributed by atoms with E-state index in [9.17, 15) is 4.79 Å². The fourth-order valence-corrected chi connectivity index (χ4v) is 4.71. The number of nitrogens with zero attached hydrogens (tertiary/aromatic N) is 2. The lowest BCUT2D eigenvalue weighted by molar-refractivity contribution is -0.131. The topological polar surface area (TPSA) is 55.6 Å². The summed E-state index contributed by atoms with van der Waals surface area (Å²) in [7, 11) is 0. The number of benzene rings is 2. The van der Waals surface area contributed by atoms with Gasteiger partial charge in [0.25, 0.3) is 0 Å². The molecule has 1 aromatic heterocycles. The number of ether oxygens (including phenoxy) is 1. The monoisotopic (exact) mass is 416 g/mol. The molecule has 0 saturated carbocycles. The third-order valence-corrected chi connectivity index (χ3v) is 6.41. The third-order valence-electron chi connectivity index (χ3n) is 6.41. The van der Waals surface area contributed by atoms with E-state index in [1.807, 2.05) is 23.1 Å². The molecule has 2 aliphatic heterocycles. The number of rotatable bonds is 5. The first-order chi connectivity index (χ1) is 15.1. The Morgan fingerprint density at radius 2 is 1.90 bits per heavy atom. The van der Waals surface area contributed by atoms with Crippen LogP contribution in [0.4, 0.5) is 0 Å². The number of piperidine rings is 1. The molecule has 0 bridgehead atoms. The zero-order valence-electron chi connectivity index (χ0n) is 17.9. The van der Waals surface area contributed by atoms with Crippen molar-refractivity contribution in [2.24, 2.45) is 5.92 Å². The largest absolute Gasteiger partial charge is 0.490 e. The van der Waals surface area contributed by atoms with Crippen molar-refractivity contribution in [2.75, 3.05) is 13.1 Å². The van der Waals surface area contributed by atoms with Crippen molar-refractivity contribution in [2.45, 2.75) is 45.1 Å². The van der Waals surface area contributed by atoms with Gasteiger partial charge in [0, 0.05) is 31.1 Å². The normalized spacial score (nSPS) is 18.6. The molecule has 5 heteroatoms. The highest BCUT2D eigenvalue weighted by molar-refractivity contribution is 5.78. The van der Waals surface area contributed by atoms with Gasteiger partial charge in [0.1, 0.15) is 11.9 Å². The maximum absolute atomic E-state index is 12.8. The molecule has 0 aliphatic carbocycles. The lowest BCUT2D eigenvalue weighted by Crippen LogP contribution is -2.39. The number of fused-ring (bicyclic) bond motifs is 1.